The highest BCUT2D eigenvalue weighted by Gasteiger charge is 2.33. The molecule has 0 saturated carbocycles. The minimum absolute atomic E-state index is 1.02. The molecular formula is C13H23N2+. The molecule has 0 aromatic rings. The van der Waals surface area contributed by atoms with Gasteiger partial charge in [-0.2, -0.15) is 0 Å². The van der Waals surface area contributed by atoms with Crippen molar-refractivity contribution < 1.29 is 4.48 Å². The van der Waals surface area contributed by atoms with E-state index in [0.717, 1.165) is 4.48 Å². The Labute approximate surface area is 93.5 Å². The predicted molar refractivity (Wildman–Crippen MR) is 64.0 cm³/mol. The van der Waals surface area contributed by atoms with Crippen LogP contribution in [-0.2, 0) is 0 Å². The molecule has 0 bridgehead atoms. The number of likely N-dealkylation sites (tertiary alicyclic amines) is 1. The topological polar surface area (TPSA) is 3.24 Å². The molecule has 0 aromatic carbocycles. The van der Waals surface area contributed by atoms with Crippen LogP contribution in [0.4, 0.5) is 0 Å². The summed E-state index contributed by atoms with van der Waals surface area (Å²) in [5.74, 6) is 1.51. The van der Waals surface area contributed by atoms with E-state index < -0.39 is 0 Å². The van der Waals surface area contributed by atoms with Gasteiger partial charge in [0, 0.05) is 19.2 Å². The number of rotatable bonds is 4. The van der Waals surface area contributed by atoms with Crippen molar-refractivity contribution in [1.82, 2.24) is 4.90 Å². The van der Waals surface area contributed by atoms with Gasteiger partial charge in [0.15, 0.2) is 0 Å². The van der Waals surface area contributed by atoms with Crippen LogP contribution in [0.5, 0.6) is 0 Å². The fourth-order valence-corrected chi connectivity index (χ4v) is 2.62. The van der Waals surface area contributed by atoms with E-state index in [4.69, 9.17) is 0 Å². The molecule has 1 fully saturated rings. The van der Waals surface area contributed by atoms with Gasteiger partial charge in [-0.1, -0.05) is 13.3 Å². The molecule has 2 heterocycles. The van der Waals surface area contributed by atoms with Crippen molar-refractivity contribution in [3.8, 4) is 0 Å². The second-order valence-corrected chi connectivity index (χ2v) is 4.91. The second-order valence-electron chi connectivity index (χ2n) is 4.91. The Morgan fingerprint density at radius 3 is 2.73 bits per heavy atom. The Morgan fingerprint density at radius 1 is 1.33 bits per heavy atom. The molecule has 15 heavy (non-hydrogen) atoms. The van der Waals surface area contributed by atoms with Gasteiger partial charge in [0.2, 0.25) is 5.82 Å². The maximum absolute atomic E-state index is 2.57. The Bertz CT molecular complexity index is 274. The van der Waals surface area contributed by atoms with Gasteiger partial charge in [-0.25, -0.2) is 0 Å². The Kier molecular flexibility index (Phi) is 3.15. The number of hydrogen-bond donors (Lipinski definition) is 0. The fourth-order valence-electron chi connectivity index (χ4n) is 2.62. The van der Waals surface area contributed by atoms with Gasteiger partial charge in [0.25, 0.3) is 0 Å². The highest BCUT2D eigenvalue weighted by Crippen LogP contribution is 2.28. The molecule has 0 radical (unpaired) electrons. The van der Waals surface area contributed by atoms with Crippen LogP contribution < -0.4 is 0 Å². The molecule has 1 atom stereocenters. The lowest BCUT2D eigenvalue weighted by Gasteiger charge is -2.34. The summed E-state index contributed by atoms with van der Waals surface area (Å²) < 4.78 is 1.02. The Morgan fingerprint density at radius 2 is 2.07 bits per heavy atom. The third kappa shape index (κ3) is 2.10. The van der Waals surface area contributed by atoms with E-state index in [9.17, 15) is 0 Å². The summed E-state index contributed by atoms with van der Waals surface area (Å²) in [6.45, 7) is 6.03. The third-order valence-electron chi connectivity index (χ3n) is 3.59. The SMILES string of the molecule is CCCC[N+]1(C)C=CC=C1N1CCCC1. The van der Waals surface area contributed by atoms with Crippen molar-refractivity contribution in [2.45, 2.75) is 32.6 Å². The summed E-state index contributed by atoms with van der Waals surface area (Å²) in [6, 6.07) is 0. The van der Waals surface area contributed by atoms with Crippen molar-refractivity contribution in [3.05, 3.63) is 24.2 Å². The number of allylic oxidation sites excluding steroid dienone is 2. The summed E-state index contributed by atoms with van der Waals surface area (Å²) >= 11 is 0. The number of quaternary nitrogens is 1. The van der Waals surface area contributed by atoms with Crippen LogP contribution >= 0.6 is 0 Å². The first-order chi connectivity index (χ1) is 7.26. The molecule has 84 valence electrons. The first kappa shape index (κ1) is 10.7. The molecule has 2 heteroatoms. The lowest BCUT2D eigenvalue weighted by Crippen LogP contribution is -2.43. The van der Waals surface area contributed by atoms with Crippen LogP contribution in [0.25, 0.3) is 0 Å². The zero-order valence-electron chi connectivity index (χ0n) is 10.1. The van der Waals surface area contributed by atoms with Crippen LogP contribution in [0.3, 0.4) is 0 Å². The first-order valence-corrected chi connectivity index (χ1v) is 6.26. The third-order valence-corrected chi connectivity index (χ3v) is 3.59. The number of unbranched alkanes of at least 4 members (excludes halogenated alkanes) is 1. The standard InChI is InChI=1S/C13H23N2/c1-3-4-11-15(2)12-7-8-13(15)14-9-5-6-10-14/h7-8,12H,3-6,9-11H2,1-2H3/q+1. The molecule has 1 saturated heterocycles. The second kappa shape index (κ2) is 4.40. The van der Waals surface area contributed by atoms with E-state index >= 15 is 0 Å². The Balaban J connectivity index is 2.04. The van der Waals surface area contributed by atoms with Gasteiger partial charge in [0.05, 0.1) is 13.6 Å². The Hall–Kier alpha value is -0.760. The van der Waals surface area contributed by atoms with Crippen molar-refractivity contribution in [3.63, 3.8) is 0 Å². The van der Waals surface area contributed by atoms with Gasteiger partial charge in [-0.05, 0) is 25.3 Å². The maximum Gasteiger partial charge on any atom is 0.208 e. The maximum atomic E-state index is 2.57. The number of hydrogen-bond acceptors (Lipinski definition) is 1. The average molecular weight is 207 g/mol. The van der Waals surface area contributed by atoms with Crippen molar-refractivity contribution in [2.24, 2.45) is 0 Å². The fraction of sp³-hybridized carbons (Fsp3) is 0.692. The van der Waals surface area contributed by atoms with Gasteiger partial charge in [0.1, 0.15) is 6.20 Å². The molecule has 1 unspecified atom stereocenters. The van der Waals surface area contributed by atoms with Gasteiger partial charge >= 0.3 is 0 Å². The monoisotopic (exact) mass is 207 g/mol. The summed E-state index contributed by atoms with van der Waals surface area (Å²) in [4.78, 5) is 2.57. The van der Waals surface area contributed by atoms with Crippen LogP contribution in [-0.4, -0.2) is 36.1 Å². The quantitative estimate of drug-likeness (QED) is 0.641. The molecule has 0 amide bonds. The zero-order chi connectivity index (χ0) is 10.7. The highest BCUT2D eigenvalue weighted by atomic mass is 15.4. The van der Waals surface area contributed by atoms with E-state index in [0.29, 0.717) is 0 Å². The van der Waals surface area contributed by atoms with Crippen molar-refractivity contribution in [2.75, 3.05) is 26.7 Å². The molecule has 2 rings (SSSR count). The summed E-state index contributed by atoms with van der Waals surface area (Å²) in [7, 11) is 2.34. The largest absolute Gasteiger partial charge is 0.328 e. The first-order valence-electron chi connectivity index (χ1n) is 6.26. The van der Waals surface area contributed by atoms with Gasteiger partial charge < -0.3 is 4.90 Å². The number of nitrogens with zero attached hydrogens (tertiary/aromatic N) is 2. The zero-order valence-corrected chi connectivity index (χ0v) is 10.1. The molecule has 0 N–H and O–H groups in total. The van der Waals surface area contributed by atoms with E-state index in [1.165, 1.54) is 51.1 Å². The molecule has 0 aromatic heterocycles. The van der Waals surface area contributed by atoms with Crippen molar-refractivity contribution in [1.29, 1.82) is 0 Å². The van der Waals surface area contributed by atoms with E-state index in [1.54, 1.807) is 0 Å². The lowest BCUT2D eigenvalue weighted by atomic mass is 10.3. The van der Waals surface area contributed by atoms with E-state index in [1.807, 2.05) is 0 Å². The average Bonchev–Trinajstić information content (AvgIpc) is 2.84. The molecular weight excluding hydrogens is 184 g/mol. The van der Waals surface area contributed by atoms with Crippen LogP contribution in [0.15, 0.2) is 24.2 Å². The van der Waals surface area contributed by atoms with Crippen molar-refractivity contribution >= 4 is 0 Å². The normalized spacial score (nSPS) is 30.0. The minimum Gasteiger partial charge on any atom is -0.328 e. The van der Waals surface area contributed by atoms with E-state index in [-0.39, 0.29) is 0 Å². The summed E-state index contributed by atoms with van der Waals surface area (Å²) in [5, 5.41) is 0. The minimum atomic E-state index is 1.02. The van der Waals surface area contributed by atoms with Gasteiger partial charge in [-0.3, -0.25) is 4.48 Å². The predicted octanol–water partition coefficient (Wildman–Crippen LogP) is 2.70. The molecule has 2 nitrogen and oxygen atoms in total. The summed E-state index contributed by atoms with van der Waals surface area (Å²) in [5.41, 5.74) is 0. The smallest absolute Gasteiger partial charge is 0.208 e. The molecule has 2 aliphatic heterocycles. The molecule has 0 spiro atoms. The van der Waals surface area contributed by atoms with Crippen LogP contribution in [0.1, 0.15) is 32.6 Å². The van der Waals surface area contributed by atoms with Crippen LogP contribution in [0.2, 0.25) is 0 Å². The van der Waals surface area contributed by atoms with Crippen LogP contribution in [0, 0.1) is 0 Å². The van der Waals surface area contributed by atoms with E-state index in [2.05, 4.69) is 37.2 Å². The van der Waals surface area contributed by atoms with Gasteiger partial charge in [-0.15, -0.1) is 0 Å². The molecule has 0 aliphatic carbocycles. The summed E-state index contributed by atoms with van der Waals surface area (Å²) in [6.07, 6.45) is 12.2. The highest BCUT2D eigenvalue weighted by molar-refractivity contribution is 5.13. The molecule has 2 aliphatic rings. The lowest BCUT2D eigenvalue weighted by molar-refractivity contribution is -0.827.